The van der Waals surface area contributed by atoms with E-state index in [1.807, 2.05) is 12.1 Å². The lowest BCUT2D eigenvalue weighted by Gasteiger charge is -2.13. The molecule has 4 heteroatoms. The number of hydrogen-bond acceptors (Lipinski definition) is 3. The first kappa shape index (κ1) is 23.6. The summed E-state index contributed by atoms with van der Waals surface area (Å²) in [5.74, 6) is 0.638. The zero-order chi connectivity index (χ0) is 28.8. The van der Waals surface area contributed by atoms with Gasteiger partial charge < -0.3 is 4.42 Å². The van der Waals surface area contributed by atoms with E-state index >= 15 is 0 Å². The standard InChI is InChI=1S/C40H23N3O/c1-2-11-25-22-27(21-20-24(25)10-1)38-31-15-5-7-17-32(31)41-40(42-38)43-33-18-9-16-30-29-14-6-8-19-35(29)44-39-28-13-4-3-12-26(28)23-34(43)37(39)36(30)33/h1-23H. The predicted octanol–water partition coefficient (Wildman–Crippen LogP) is 10.6. The van der Waals surface area contributed by atoms with E-state index in [-0.39, 0.29) is 0 Å². The van der Waals surface area contributed by atoms with Gasteiger partial charge in [0.15, 0.2) is 0 Å². The maximum atomic E-state index is 6.83. The van der Waals surface area contributed by atoms with E-state index in [4.69, 9.17) is 14.4 Å². The molecule has 0 radical (unpaired) electrons. The lowest BCUT2D eigenvalue weighted by molar-refractivity contribution is 0.667. The molecule has 0 bridgehead atoms. The number of benzene rings is 7. The molecule has 7 aromatic carbocycles. The molecule has 0 saturated heterocycles. The van der Waals surface area contributed by atoms with Gasteiger partial charge in [-0.1, -0.05) is 109 Å². The average molecular weight is 562 g/mol. The largest absolute Gasteiger partial charge is 0.455 e. The fourth-order valence-corrected chi connectivity index (χ4v) is 6.99. The van der Waals surface area contributed by atoms with Crippen LogP contribution in [0.5, 0.6) is 0 Å². The van der Waals surface area contributed by atoms with Crippen molar-refractivity contribution in [2.45, 2.75) is 0 Å². The third kappa shape index (κ3) is 3.22. The first-order valence-electron chi connectivity index (χ1n) is 14.8. The number of fused-ring (bicyclic) bond motifs is 6. The fraction of sp³-hybridized carbons (Fsp3) is 0. The second kappa shape index (κ2) is 8.76. The van der Waals surface area contributed by atoms with Crippen LogP contribution >= 0.6 is 0 Å². The van der Waals surface area contributed by atoms with E-state index in [0.29, 0.717) is 5.95 Å². The molecule has 3 heterocycles. The quantitative estimate of drug-likeness (QED) is 0.211. The molecule has 0 unspecified atom stereocenters. The van der Waals surface area contributed by atoms with Gasteiger partial charge in [-0.15, -0.1) is 0 Å². The molecule has 10 aromatic rings. The van der Waals surface area contributed by atoms with Gasteiger partial charge in [0, 0.05) is 27.1 Å². The van der Waals surface area contributed by atoms with E-state index in [1.54, 1.807) is 0 Å². The Morgan fingerprint density at radius 2 is 1.20 bits per heavy atom. The van der Waals surface area contributed by atoms with Crippen LogP contribution in [-0.2, 0) is 0 Å². The summed E-state index contributed by atoms with van der Waals surface area (Å²) in [6, 6.07) is 48.8. The van der Waals surface area contributed by atoms with Crippen molar-refractivity contribution < 1.29 is 4.42 Å². The van der Waals surface area contributed by atoms with E-state index < -0.39 is 0 Å². The Morgan fingerprint density at radius 3 is 2.11 bits per heavy atom. The van der Waals surface area contributed by atoms with Crippen molar-refractivity contribution in [1.82, 2.24) is 14.5 Å². The normalized spacial score (nSPS) is 12.1. The molecule has 0 aliphatic rings. The summed E-state index contributed by atoms with van der Waals surface area (Å²) in [5, 5.41) is 10.1. The predicted molar refractivity (Wildman–Crippen MR) is 182 cm³/mol. The lowest BCUT2D eigenvalue weighted by atomic mass is 10.0. The van der Waals surface area contributed by atoms with Gasteiger partial charge in [-0.25, -0.2) is 9.97 Å². The van der Waals surface area contributed by atoms with Gasteiger partial charge in [0.2, 0.25) is 5.95 Å². The molecule has 0 spiro atoms. The molecule has 0 saturated carbocycles. The molecule has 4 nitrogen and oxygen atoms in total. The van der Waals surface area contributed by atoms with Crippen LogP contribution in [0.15, 0.2) is 144 Å². The van der Waals surface area contributed by atoms with Gasteiger partial charge >= 0.3 is 0 Å². The summed E-state index contributed by atoms with van der Waals surface area (Å²) < 4.78 is 9.05. The maximum Gasteiger partial charge on any atom is 0.235 e. The molecule has 0 aliphatic carbocycles. The minimum atomic E-state index is 0.638. The third-order valence-electron chi connectivity index (χ3n) is 8.96. The summed E-state index contributed by atoms with van der Waals surface area (Å²) >= 11 is 0. The van der Waals surface area contributed by atoms with Crippen molar-refractivity contribution in [3.05, 3.63) is 140 Å². The van der Waals surface area contributed by atoms with Crippen LogP contribution in [0.25, 0.3) is 93.4 Å². The molecule has 0 amide bonds. The zero-order valence-electron chi connectivity index (χ0n) is 23.5. The highest BCUT2D eigenvalue weighted by Gasteiger charge is 2.23. The van der Waals surface area contributed by atoms with E-state index in [0.717, 1.165) is 76.7 Å². The van der Waals surface area contributed by atoms with Gasteiger partial charge in [-0.3, -0.25) is 4.57 Å². The fourth-order valence-electron chi connectivity index (χ4n) is 6.99. The maximum absolute atomic E-state index is 6.83. The third-order valence-corrected chi connectivity index (χ3v) is 8.96. The van der Waals surface area contributed by atoms with Gasteiger partial charge in [0.1, 0.15) is 11.2 Å². The van der Waals surface area contributed by atoms with Crippen molar-refractivity contribution in [3.8, 4) is 17.2 Å². The lowest BCUT2D eigenvalue weighted by Crippen LogP contribution is -2.03. The van der Waals surface area contributed by atoms with Crippen LogP contribution in [-0.4, -0.2) is 14.5 Å². The monoisotopic (exact) mass is 561 g/mol. The second-order valence-electron chi connectivity index (χ2n) is 11.4. The molecular formula is C40H23N3O. The van der Waals surface area contributed by atoms with Crippen molar-refractivity contribution in [2.24, 2.45) is 0 Å². The van der Waals surface area contributed by atoms with E-state index in [9.17, 15) is 0 Å². The summed E-state index contributed by atoms with van der Waals surface area (Å²) in [6.45, 7) is 0. The van der Waals surface area contributed by atoms with Crippen molar-refractivity contribution in [1.29, 1.82) is 0 Å². The summed E-state index contributed by atoms with van der Waals surface area (Å²) in [6.07, 6.45) is 0. The molecular weight excluding hydrogens is 538 g/mol. The van der Waals surface area contributed by atoms with Crippen molar-refractivity contribution in [2.75, 3.05) is 0 Å². The highest BCUT2D eigenvalue weighted by atomic mass is 16.3. The van der Waals surface area contributed by atoms with Crippen LogP contribution in [0.2, 0.25) is 0 Å². The van der Waals surface area contributed by atoms with Crippen molar-refractivity contribution in [3.63, 3.8) is 0 Å². The van der Waals surface area contributed by atoms with Crippen molar-refractivity contribution >= 4 is 76.2 Å². The Hall–Kier alpha value is -6.00. The Kier molecular flexibility index (Phi) is 4.69. The highest BCUT2D eigenvalue weighted by molar-refractivity contribution is 6.30. The highest BCUT2D eigenvalue weighted by Crippen LogP contribution is 2.43. The van der Waals surface area contributed by atoms with Crippen LogP contribution in [0.3, 0.4) is 0 Å². The average Bonchev–Trinajstić information content (AvgIpc) is 3.33. The first-order valence-corrected chi connectivity index (χ1v) is 14.8. The van der Waals surface area contributed by atoms with Crippen LogP contribution in [0.4, 0.5) is 0 Å². The summed E-state index contributed by atoms with van der Waals surface area (Å²) in [4.78, 5) is 10.6. The van der Waals surface area contributed by atoms with E-state index in [1.165, 1.54) is 10.8 Å². The number of rotatable bonds is 2. The minimum absolute atomic E-state index is 0.638. The number of hydrogen-bond donors (Lipinski definition) is 0. The summed E-state index contributed by atoms with van der Waals surface area (Å²) in [5.41, 5.74) is 6.69. The van der Waals surface area contributed by atoms with Gasteiger partial charge in [0.05, 0.1) is 27.6 Å². The van der Waals surface area contributed by atoms with Gasteiger partial charge in [0.25, 0.3) is 0 Å². The Balaban J connectivity index is 1.39. The second-order valence-corrected chi connectivity index (χ2v) is 11.4. The van der Waals surface area contributed by atoms with Crippen LogP contribution in [0.1, 0.15) is 0 Å². The molecule has 3 aromatic heterocycles. The minimum Gasteiger partial charge on any atom is -0.455 e. The SMILES string of the molecule is c1ccc2cc(-c3nc(-n4c5cccc6c7ccccc7oc7c8ccccc8cc4c7c65)nc4ccccc34)ccc2c1. The topological polar surface area (TPSA) is 43.9 Å². The number of nitrogens with zero attached hydrogens (tertiary/aromatic N) is 3. The Labute approximate surface area is 251 Å². The van der Waals surface area contributed by atoms with Gasteiger partial charge in [-0.2, -0.15) is 0 Å². The summed E-state index contributed by atoms with van der Waals surface area (Å²) in [7, 11) is 0. The molecule has 0 aliphatic heterocycles. The van der Waals surface area contributed by atoms with Crippen LogP contribution < -0.4 is 0 Å². The number of aromatic nitrogens is 3. The Morgan fingerprint density at radius 1 is 0.477 bits per heavy atom. The smallest absolute Gasteiger partial charge is 0.235 e. The van der Waals surface area contributed by atoms with Crippen LogP contribution in [0, 0.1) is 0 Å². The molecule has 0 fully saturated rings. The molecule has 204 valence electrons. The number of para-hydroxylation sites is 2. The Bertz CT molecular complexity index is 2790. The molecule has 0 atom stereocenters. The molecule has 44 heavy (non-hydrogen) atoms. The first-order chi connectivity index (χ1) is 21.8. The molecule has 10 rings (SSSR count). The molecule has 0 N–H and O–H groups in total. The zero-order valence-corrected chi connectivity index (χ0v) is 23.5. The van der Waals surface area contributed by atoms with Gasteiger partial charge in [-0.05, 0) is 51.9 Å². The van der Waals surface area contributed by atoms with E-state index in [2.05, 4.69) is 132 Å².